The van der Waals surface area contributed by atoms with Crippen molar-refractivity contribution in [2.45, 2.75) is 72.1 Å². The van der Waals surface area contributed by atoms with Crippen LogP contribution >= 0.6 is 0 Å². The molecule has 1 atom stereocenters. The number of ether oxygens (including phenoxy) is 2. The summed E-state index contributed by atoms with van der Waals surface area (Å²) in [6.45, 7) is 8.93. The highest BCUT2D eigenvalue weighted by atomic mass is 16.5. The topological polar surface area (TPSA) is 80.9 Å². The van der Waals surface area contributed by atoms with Gasteiger partial charge in [-0.3, -0.25) is 4.79 Å². The maximum absolute atomic E-state index is 13.1. The molecule has 1 aromatic heterocycles. The van der Waals surface area contributed by atoms with Crippen molar-refractivity contribution in [2.24, 2.45) is 0 Å². The zero-order valence-corrected chi connectivity index (χ0v) is 22.2. The molecule has 0 aliphatic heterocycles. The van der Waals surface area contributed by atoms with E-state index in [4.69, 9.17) is 13.9 Å². The Labute approximate surface area is 219 Å². The molecule has 2 N–H and O–H groups in total. The zero-order chi connectivity index (χ0) is 26.4. The molecule has 1 heterocycles. The van der Waals surface area contributed by atoms with Gasteiger partial charge in [-0.25, -0.2) is 0 Å². The lowest BCUT2D eigenvalue weighted by molar-refractivity contribution is 0.00692. The standard InChI is InChI=1S/C31H37NO5/c1-5-13-36-26-9-11-27(21(4)15-26)31(34)32-18-25-16-22(6-10-28(25)24-12-14-35-19-24)17-29(37-20(2)3)30(33)23-7-8-23/h6,9-12,14-16,19-20,29,33H,5,7-8,13,17-18H2,1-4H3,(H,32,34). The molecule has 196 valence electrons. The van der Waals surface area contributed by atoms with Crippen LogP contribution in [0.3, 0.4) is 0 Å². The minimum absolute atomic E-state index is 0.00235. The van der Waals surface area contributed by atoms with Gasteiger partial charge in [0, 0.05) is 24.1 Å². The Balaban J connectivity index is 1.54. The van der Waals surface area contributed by atoms with E-state index in [-0.39, 0.29) is 18.1 Å². The van der Waals surface area contributed by atoms with Gasteiger partial charge in [0.1, 0.15) is 17.6 Å². The predicted octanol–water partition coefficient (Wildman–Crippen LogP) is 6.92. The molecule has 1 unspecified atom stereocenters. The maximum atomic E-state index is 13.1. The second-order valence-corrected chi connectivity index (χ2v) is 9.88. The van der Waals surface area contributed by atoms with Crippen LogP contribution in [0.15, 0.2) is 70.7 Å². The van der Waals surface area contributed by atoms with E-state index in [0.717, 1.165) is 58.4 Å². The minimum Gasteiger partial charge on any atom is -0.510 e. The first-order valence-electron chi connectivity index (χ1n) is 13.1. The lowest BCUT2D eigenvalue weighted by Gasteiger charge is -2.21. The third-order valence-electron chi connectivity index (χ3n) is 6.38. The van der Waals surface area contributed by atoms with Crippen molar-refractivity contribution in [3.05, 3.63) is 88.6 Å². The first-order chi connectivity index (χ1) is 17.9. The van der Waals surface area contributed by atoms with Crippen molar-refractivity contribution < 1.29 is 23.8 Å². The largest absolute Gasteiger partial charge is 0.510 e. The average Bonchev–Trinajstić information content (AvgIpc) is 3.59. The van der Waals surface area contributed by atoms with E-state index in [1.165, 1.54) is 0 Å². The van der Waals surface area contributed by atoms with E-state index >= 15 is 0 Å². The van der Waals surface area contributed by atoms with Gasteiger partial charge in [0.15, 0.2) is 0 Å². The van der Waals surface area contributed by atoms with Gasteiger partial charge < -0.3 is 24.3 Å². The van der Waals surface area contributed by atoms with Gasteiger partial charge in [-0.2, -0.15) is 0 Å². The van der Waals surface area contributed by atoms with E-state index < -0.39 is 0 Å². The Morgan fingerprint density at radius 1 is 1.14 bits per heavy atom. The quantitative estimate of drug-likeness (QED) is 0.262. The highest BCUT2D eigenvalue weighted by Crippen LogP contribution is 2.34. The van der Waals surface area contributed by atoms with Gasteiger partial charge in [-0.05, 0) is 92.1 Å². The molecule has 1 saturated carbocycles. The van der Waals surface area contributed by atoms with Crippen LogP contribution in [0.2, 0.25) is 0 Å². The third kappa shape index (κ3) is 7.04. The Kier molecular flexibility index (Phi) is 8.72. The number of allylic oxidation sites excluding steroid dienone is 1. The number of benzene rings is 2. The normalized spacial score (nSPS) is 13.5. The molecule has 4 rings (SSSR count). The smallest absolute Gasteiger partial charge is 0.251 e. The van der Waals surface area contributed by atoms with Crippen molar-refractivity contribution in [1.29, 1.82) is 0 Å². The maximum Gasteiger partial charge on any atom is 0.251 e. The van der Waals surface area contributed by atoms with Crippen LogP contribution in [0.1, 0.15) is 67.1 Å². The Morgan fingerprint density at radius 3 is 2.59 bits per heavy atom. The molecule has 1 aliphatic rings. The van der Waals surface area contributed by atoms with Crippen molar-refractivity contribution in [3.63, 3.8) is 0 Å². The predicted molar refractivity (Wildman–Crippen MR) is 145 cm³/mol. The van der Waals surface area contributed by atoms with Gasteiger partial charge in [-0.1, -0.05) is 25.1 Å². The van der Waals surface area contributed by atoms with E-state index in [1.54, 1.807) is 12.5 Å². The Bertz CT molecular complexity index is 1240. The second kappa shape index (κ2) is 12.2. The van der Waals surface area contributed by atoms with E-state index in [2.05, 4.69) is 18.3 Å². The highest BCUT2D eigenvalue weighted by Gasteiger charge is 2.26. The van der Waals surface area contributed by atoms with Crippen LogP contribution in [0.25, 0.3) is 11.1 Å². The van der Waals surface area contributed by atoms with Crippen LogP contribution in [0.4, 0.5) is 0 Å². The van der Waals surface area contributed by atoms with Crippen molar-refractivity contribution >= 4 is 5.91 Å². The molecule has 1 amide bonds. The Hall–Kier alpha value is -3.51. The van der Waals surface area contributed by atoms with Crippen LogP contribution < -0.4 is 10.1 Å². The first-order valence-corrected chi connectivity index (χ1v) is 13.1. The molecular weight excluding hydrogens is 466 g/mol. The van der Waals surface area contributed by atoms with E-state index in [1.807, 2.05) is 57.2 Å². The molecule has 0 spiro atoms. The fourth-order valence-corrected chi connectivity index (χ4v) is 4.39. The fraction of sp³-hybridized carbons (Fsp3) is 0.387. The number of aryl methyl sites for hydroxylation is 1. The van der Waals surface area contributed by atoms with Crippen LogP contribution in [-0.2, 0) is 17.7 Å². The molecule has 3 aromatic rings. The second-order valence-electron chi connectivity index (χ2n) is 9.88. The van der Waals surface area contributed by atoms with E-state index in [9.17, 15) is 9.90 Å². The van der Waals surface area contributed by atoms with Gasteiger partial charge >= 0.3 is 0 Å². The highest BCUT2D eigenvalue weighted by molar-refractivity contribution is 5.95. The number of aliphatic hydroxyl groups excluding tert-OH is 1. The summed E-state index contributed by atoms with van der Waals surface area (Å²) in [6, 6.07) is 13.6. The van der Waals surface area contributed by atoms with Gasteiger partial charge in [0.2, 0.25) is 0 Å². The summed E-state index contributed by atoms with van der Waals surface area (Å²) < 4.78 is 17.1. The molecule has 0 radical (unpaired) electrons. The molecule has 2 aromatic carbocycles. The van der Waals surface area contributed by atoms with Crippen molar-refractivity contribution in [3.8, 4) is 16.9 Å². The number of amides is 1. The number of furan rings is 1. The summed E-state index contributed by atoms with van der Waals surface area (Å²) in [7, 11) is 0. The number of aliphatic hydroxyl groups is 1. The van der Waals surface area contributed by atoms with E-state index in [0.29, 0.717) is 30.9 Å². The Morgan fingerprint density at radius 2 is 1.95 bits per heavy atom. The minimum atomic E-state index is -0.379. The van der Waals surface area contributed by atoms with Crippen LogP contribution in [0, 0.1) is 6.92 Å². The SMILES string of the molecule is CCCOc1ccc(C(=O)NCc2cc(CC(OC(C)C)C(O)=C3CC3)ccc2-c2ccoc2)c(C)c1. The summed E-state index contributed by atoms with van der Waals surface area (Å²) in [5.41, 5.74) is 6.50. The lowest BCUT2D eigenvalue weighted by Crippen LogP contribution is -2.25. The molecule has 0 saturated heterocycles. The van der Waals surface area contributed by atoms with Crippen LogP contribution in [0.5, 0.6) is 5.75 Å². The fourth-order valence-electron chi connectivity index (χ4n) is 4.39. The number of hydrogen-bond donors (Lipinski definition) is 2. The molecule has 6 heteroatoms. The van der Waals surface area contributed by atoms with Crippen molar-refractivity contribution in [2.75, 3.05) is 6.61 Å². The van der Waals surface area contributed by atoms with Gasteiger partial charge in [-0.15, -0.1) is 0 Å². The number of carbonyl (C=O) groups excluding carboxylic acids is 1. The lowest BCUT2D eigenvalue weighted by atomic mass is 9.96. The van der Waals surface area contributed by atoms with Gasteiger partial charge in [0.25, 0.3) is 5.91 Å². The molecular formula is C31H37NO5. The molecule has 37 heavy (non-hydrogen) atoms. The molecule has 0 bridgehead atoms. The van der Waals surface area contributed by atoms with Crippen LogP contribution in [-0.4, -0.2) is 29.8 Å². The molecule has 1 fully saturated rings. The molecule has 1 aliphatic carbocycles. The summed E-state index contributed by atoms with van der Waals surface area (Å²) in [4.78, 5) is 13.1. The summed E-state index contributed by atoms with van der Waals surface area (Å²) in [5, 5.41) is 13.8. The van der Waals surface area contributed by atoms with Gasteiger partial charge in [0.05, 0.1) is 25.2 Å². The number of hydrogen-bond acceptors (Lipinski definition) is 5. The third-order valence-corrected chi connectivity index (χ3v) is 6.38. The summed E-state index contributed by atoms with van der Waals surface area (Å²) in [5.74, 6) is 0.998. The number of carbonyl (C=O) groups is 1. The number of nitrogens with one attached hydrogen (secondary N) is 1. The first kappa shape index (κ1) is 26.6. The average molecular weight is 504 g/mol. The molecule has 6 nitrogen and oxygen atoms in total. The monoisotopic (exact) mass is 503 g/mol. The zero-order valence-electron chi connectivity index (χ0n) is 22.2. The summed E-state index contributed by atoms with van der Waals surface area (Å²) >= 11 is 0. The summed E-state index contributed by atoms with van der Waals surface area (Å²) in [6.07, 6.45) is 6.32. The number of rotatable bonds is 12. The van der Waals surface area contributed by atoms with Crippen molar-refractivity contribution in [1.82, 2.24) is 5.32 Å².